The second-order valence-corrected chi connectivity index (χ2v) is 4.60. The van der Waals surface area contributed by atoms with Gasteiger partial charge in [0.25, 0.3) is 5.91 Å². The third-order valence-corrected chi connectivity index (χ3v) is 3.05. The van der Waals surface area contributed by atoms with E-state index in [1.165, 1.54) is 0 Å². The molecular weight excluding hydrogens is 260 g/mol. The molecule has 0 saturated heterocycles. The molecule has 0 spiro atoms. The van der Waals surface area contributed by atoms with E-state index in [1.54, 1.807) is 23.2 Å². The van der Waals surface area contributed by atoms with Gasteiger partial charge in [-0.05, 0) is 36.8 Å². The van der Waals surface area contributed by atoms with Gasteiger partial charge in [-0.1, -0.05) is 29.8 Å². The van der Waals surface area contributed by atoms with Crippen LogP contribution in [0.15, 0.2) is 48.7 Å². The lowest BCUT2D eigenvalue weighted by atomic mass is 10.2. The molecule has 0 bridgehead atoms. The number of hydrogen-bond donors (Lipinski definition) is 0. The lowest BCUT2D eigenvalue weighted by molar-refractivity contribution is 0.0746. The maximum absolute atomic E-state index is 12.3. The van der Waals surface area contributed by atoms with Crippen LogP contribution in [0.25, 0.3) is 0 Å². The molecule has 0 aliphatic rings. The van der Waals surface area contributed by atoms with Crippen molar-refractivity contribution in [2.45, 2.75) is 13.5 Å². The molecule has 19 heavy (non-hydrogen) atoms. The molecule has 0 radical (unpaired) electrons. The van der Waals surface area contributed by atoms with Crippen molar-refractivity contribution in [1.29, 1.82) is 0 Å². The number of aromatic nitrogens is 1. The summed E-state index contributed by atoms with van der Waals surface area (Å²) in [6.45, 7) is 3.11. The van der Waals surface area contributed by atoms with E-state index >= 15 is 0 Å². The number of halogens is 1. The summed E-state index contributed by atoms with van der Waals surface area (Å²) in [5.74, 6) is -0.0666. The zero-order valence-electron chi connectivity index (χ0n) is 10.7. The SMILES string of the molecule is CCN(Cc1cccc(Cl)c1)C(=O)c1ccccn1. The highest BCUT2D eigenvalue weighted by Gasteiger charge is 2.15. The fraction of sp³-hybridized carbons (Fsp3) is 0.200. The van der Waals surface area contributed by atoms with E-state index in [-0.39, 0.29) is 5.91 Å². The van der Waals surface area contributed by atoms with Gasteiger partial charge in [-0.3, -0.25) is 9.78 Å². The van der Waals surface area contributed by atoms with Gasteiger partial charge in [0.05, 0.1) is 0 Å². The molecule has 1 heterocycles. The molecule has 1 aromatic carbocycles. The molecular formula is C15H15ClN2O. The molecule has 1 aromatic heterocycles. The molecule has 2 rings (SSSR count). The zero-order valence-corrected chi connectivity index (χ0v) is 11.5. The van der Waals surface area contributed by atoms with E-state index < -0.39 is 0 Å². The smallest absolute Gasteiger partial charge is 0.272 e. The van der Waals surface area contributed by atoms with Crippen LogP contribution in [0.4, 0.5) is 0 Å². The summed E-state index contributed by atoms with van der Waals surface area (Å²) in [5.41, 5.74) is 1.48. The molecule has 0 aliphatic carbocycles. The molecule has 0 atom stereocenters. The van der Waals surface area contributed by atoms with Crippen molar-refractivity contribution in [3.63, 3.8) is 0 Å². The first-order valence-electron chi connectivity index (χ1n) is 6.15. The summed E-state index contributed by atoms with van der Waals surface area (Å²) in [7, 11) is 0. The van der Waals surface area contributed by atoms with Gasteiger partial charge >= 0.3 is 0 Å². The minimum Gasteiger partial charge on any atom is -0.333 e. The molecule has 98 valence electrons. The topological polar surface area (TPSA) is 33.2 Å². The van der Waals surface area contributed by atoms with Crippen molar-refractivity contribution in [2.75, 3.05) is 6.54 Å². The van der Waals surface area contributed by atoms with Gasteiger partial charge in [-0.25, -0.2) is 0 Å². The summed E-state index contributed by atoms with van der Waals surface area (Å²) in [6.07, 6.45) is 1.63. The van der Waals surface area contributed by atoms with Gasteiger partial charge < -0.3 is 4.90 Å². The van der Waals surface area contributed by atoms with Crippen LogP contribution in [0.5, 0.6) is 0 Å². The fourth-order valence-electron chi connectivity index (χ4n) is 1.83. The number of carbonyl (C=O) groups is 1. The molecule has 3 nitrogen and oxygen atoms in total. The Morgan fingerprint density at radius 2 is 2.11 bits per heavy atom. The number of amides is 1. The molecule has 4 heteroatoms. The normalized spacial score (nSPS) is 10.2. The van der Waals surface area contributed by atoms with E-state index in [0.717, 1.165) is 5.56 Å². The van der Waals surface area contributed by atoms with Gasteiger partial charge in [0.1, 0.15) is 5.69 Å². The Kier molecular flexibility index (Phi) is 4.53. The monoisotopic (exact) mass is 274 g/mol. The highest BCUT2D eigenvalue weighted by Crippen LogP contribution is 2.13. The van der Waals surface area contributed by atoms with Gasteiger partial charge in [0, 0.05) is 24.3 Å². The largest absolute Gasteiger partial charge is 0.333 e. The van der Waals surface area contributed by atoms with Crippen molar-refractivity contribution in [3.8, 4) is 0 Å². The van der Waals surface area contributed by atoms with Crippen LogP contribution in [-0.2, 0) is 6.54 Å². The van der Waals surface area contributed by atoms with Crippen LogP contribution in [0.3, 0.4) is 0 Å². The van der Waals surface area contributed by atoms with Crippen LogP contribution in [0.2, 0.25) is 5.02 Å². The van der Waals surface area contributed by atoms with Crippen LogP contribution >= 0.6 is 11.6 Å². The summed E-state index contributed by atoms with van der Waals surface area (Å²) >= 11 is 5.95. The molecule has 0 saturated carbocycles. The first-order chi connectivity index (χ1) is 9.20. The Morgan fingerprint density at radius 3 is 2.74 bits per heavy atom. The van der Waals surface area contributed by atoms with Crippen molar-refractivity contribution in [3.05, 3.63) is 64.9 Å². The third kappa shape index (κ3) is 3.55. The van der Waals surface area contributed by atoms with Gasteiger partial charge in [-0.2, -0.15) is 0 Å². The molecule has 0 unspecified atom stereocenters. The average Bonchev–Trinajstić information content (AvgIpc) is 2.45. The first kappa shape index (κ1) is 13.6. The summed E-state index contributed by atoms with van der Waals surface area (Å²) in [6, 6.07) is 12.9. The predicted octanol–water partition coefficient (Wildman–Crippen LogP) is 3.40. The van der Waals surface area contributed by atoms with Crippen molar-refractivity contribution < 1.29 is 4.79 Å². The van der Waals surface area contributed by atoms with E-state index in [0.29, 0.717) is 23.8 Å². The Morgan fingerprint density at radius 1 is 1.26 bits per heavy atom. The number of nitrogens with zero attached hydrogens (tertiary/aromatic N) is 2. The first-order valence-corrected chi connectivity index (χ1v) is 6.53. The van der Waals surface area contributed by atoms with Gasteiger partial charge in [0.2, 0.25) is 0 Å². The third-order valence-electron chi connectivity index (χ3n) is 2.82. The second kappa shape index (κ2) is 6.34. The lowest BCUT2D eigenvalue weighted by Gasteiger charge is -2.20. The maximum Gasteiger partial charge on any atom is 0.272 e. The minimum atomic E-state index is -0.0666. The molecule has 1 amide bonds. The van der Waals surface area contributed by atoms with Crippen molar-refractivity contribution >= 4 is 17.5 Å². The van der Waals surface area contributed by atoms with E-state index in [1.807, 2.05) is 37.3 Å². The standard InChI is InChI=1S/C15H15ClN2O/c1-2-18(11-12-6-5-7-13(16)10-12)15(19)14-8-3-4-9-17-14/h3-10H,2,11H2,1H3. The van der Waals surface area contributed by atoms with E-state index in [4.69, 9.17) is 11.6 Å². The average molecular weight is 275 g/mol. The number of hydrogen-bond acceptors (Lipinski definition) is 2. The molecule has 0 fully saturated rings. The Labute approximate surface area is 117 Å². The van der Waals surface area contributed by atoms with Crippen LogP contribution in [0, 0.1) is 0 Å². The summed E-state index contributed by atoms with van der Waals surface area (Å²) in [5, 5.41) is 0.679. The minimum absolute atomic E-state index is 0.0666. The van der Waals surface area contributed by atoms with E-state index in [2.05, 4.69) is 4.98 Å². The fourth-order valence-corrected chi connectivity index (χ4v) is 2.05. The van der Waals surface area contributed by atoms with E-state index in [9.17, 15) is 4.79 Å². The number of carbonyl (C=O) groups excluding carboxylic acids is 1. The lowest BCUT2D eigenvalue weighted by Crippen LogP contribution is -2.30. The number of benzene rings is 1. The highest BCUT2D eigenvalue weighted by atomic mass is 35.5. The summed E-state index contributed by atoms with van der Waals surface area (Å²) < 4.78 is 0. The maximum atomic E-state index is 12.3. The number of pyridine rings is 1. The van der Waals surface area contributed by atoms with Gasteiger partial charge in [0.15, 0.2) is 0 Å². The second-order valence-electron chi connectivity index (χ2n) is 4.16. The van der Waals surface area contributed by atoms with Gasteiger partial charge in [-0.15, -0.1) is 0 Å². The van der Waals surface area contributed by atoms with Crippen LogP contribution in [0.1, 0.15) is 23.0 Å². The van der Waals surface area contributed by atoms with Crippen molar-refractivity contribution in [1.82, 2.24) is 9.88 Å². The zero-order chi connectivity index (χ0) is 13.7. The molecule has 2 aromatic rings. The molecule has 0 aliphatic heterocycles. The Hall–Kier alpha value is -1.87. The Bertz CT molecular complexity index is 557. The Balaban J connectivity index is 2.15. The summed E-state index contributed by atoms with van der Waals surface area (Å²) in [4.78, 5) is 18.1. The highest BCUT2D eigenvalue weighted by molar-refractivity contribution is 6.30. The number of rotatable bonds is 4. The van der Waals surface area contributed by atoms with Crippen LogP contribution < -0.4 is 0 Å². The quantitative estimate of drug-likeness (QED) is 0.856. The predicted molar refractivity (Wildman–Crippen MR) is 76.1 cm³/mol. The van der Waals surface area contributed by atoms with Crippen LogP contribution in [-0.4, -0.2) is 22.3 Å². The van der Waals surface area contributed by atoms with Crippen molar-refractivity contribution in [2.24, 2.45) is 0 Å². The molecule has 0 N–H and O–H groups in total.